The van der Waals surface area contributed by atoms with Crippen LogP contribution in [-0.4, -0.2) is 46.5 Å². The van der Waals surface area contributed by atoms with Crippen LogP contribution >= 0.6 is 11.6 Å². The number of hydrogen-bond donors (Lipinski definition) is 1. The summed E-state index contributed by atoms with van der Waals surface area (Å²) in [4.78, 5) is 31.5. The number of furan rings is 1. The van der Waals surface area contributed by atoms with E-state index in [1.54, 1.807) is 42.9 Å². The highest BCUT2D eigenvalue weighted by molar-refractivity contribution is 6.30. The molecular formula is C25H23ClN4O4. The van der Waals surface area contributed by atoms with Crippen LogP contribution in [0.3, 0.4) is 0 Å². The third-order valence-corrected chi connectivity index (χ3v) is 5.44. The van der Waals surface area contributed by atoms with E-state index >= 15 is 0 Å². The molecule has 0 unspecified atom stereocenters. The van der Waals surface area contributed by atoms with Crippen molar-refractivity contribution in [2.75, 3.05) is 25.5 Å². The highest BCUT2D eigenvalue weighted by Crippen LogP contribution is 2.26. The molecular weight excluding hydrogens is 456 g/mol. The number of imidazole rings is 1. The van der Waals surface area contributed by atoms with Crippen molar-refractivity contribution in [3.8, 4) is 22.7 Å². The molecule has 2 aromatic carbocycles. The van der Waals surface area contributed by atoms with Gasteiger partial charge in [0, 0.05) is 29.0 Å². The first-order valence-electron chi connectivity index (χ1n) is 10.6. The second-order valence-corrected chi connectivity index (χ2v) is 7.81. The number of aromatic nitrogens is 2. The normalized spacial score (nSPS) is 10.7. The predicted octanol–water partition coefficient (Wildman–Crippen LogP) is 4.90. The number of rotatable bonds is 8. The third kappa shape index (κ3) is 5.13. The van der Waals surface area contributed by atoms with E-state index in [9.17, 15) is 9.59 Å². The molecule has 0 saturated carbocycles. The smallest absolute Gasteiger partial charge is 0.290 e. The van der Waals surface area contributed by atoms with Crippen LogP contribution in [0.1, 0.15) is 17.5 Å². The van der Waals surface area contributed by atoms with E-state index in [-0.39, 0.29) is 24.1 Å². The Kier molecular flexibility index (Phi) is 6.98. The molecule has 0 fully saturated rings. The van der Waals surface area contributed by atoms with Gasteiger partial charge in [0.25, 0.3) is 5.91 Å². The first-order chi connectivity index (χ1) is 16.5. The van der Waals surface area contributed by atoms with Crippen LogP contribution in [0.15, 0.2) is 77.5 Å². The van der Waals surface area contributed by atoms with Crippen molar-refractivity contribution < 1.29 is 18.7 Å². The summed E-state index contributed by atoms with van der Waals surface area (Å²) < 4.78 is 12.2. The lowest BCUT2D eigenvalue weighted by Gasteiger charge is -2.19. The molecule has 0 radical (unpaired) electrons. The lowest BCUT2D eigenvalue weighted by atomic mass is 10.2. The predicted molar refractivity (Wildman–Crippen MR) is 129 cm³/mol. The molecule has 0 aliphatic heterocycles. The summed E-state index contributed by atoms with van der Waals surface area (Å²) in [6.45, 7) is 1.99. The molecule has 4 rings (SSSR count). The van der Waals surface area contributed by atoms with Crippen LogP contribution in [-0.2, 0) is 4.79 Å². The monoisotopic (exact) mass is 478 g/mol. The number of likely N-dealkylation sites (N-methyl/N-ethyl adjacent to an activating group) is 1. The van der Waals surface area contributed by atoms with Crippen molar-refractivity contribution >= 4 is 29.4 Å². The summed E-state index contributed by atoms with van der Waals surface area (Å²) in [6.07, 6.45) is 3.25. The number of hydrogen-bond acceptors (Lipinski definition) is 5. The number of nitrogens with one attached hydrogen (secondary N) is 1. The molecule has 9 heteroatoms. The van der Waals surface area contributed by atoms with Crippen LogP contribution in [0.2, 0.25) is 5.02 Å². The molecule has 0 atom stereocenters. The maximum Gasteiger partial charge on any atom is 0.290 e. The molecule has 2 aromatic heterocycles. The zero-order valence-corrected chi connectivity index (χ0v) is 19.5. The van der Waals surface area contributed by atoms with Gasteiger partial charge < -0.3 is 14.1 Å². The number of methoxy groups -OCH3 is 1. The second kappa shape index (κ2) is 10.3. The lowest BCUT2D eigenvalue weighted by molar-refractivity contribution is -0.116. The van der Waals surface area contributed by atoms with Crippen molar-refractivity contribution in [3.05, 3.63) is 83.9 Å². The molecule has 2 amide bonds. The van der Waals surface area contributed by atoms with Crippen molar-refractivity contribution in [1.82, 2.24) is 14.5 Å². The van der Waals surface area contributed by atoms with Crippen molar-refractivity contribution in [3.63, 3.8) is 0 Å². The summed E-state index contributed by atoms with van der Waals surface area (Å²) in [5, 5.41) is 3.45. The molecule has 0 aliphatic rings. The van der Waals surface area contributed by atoms with Gasteiger partial charge in [-0.3, -0.25) is 19.5 Å². The van der Waals surface area contributed by atoms with E-state index in [1.165, 1.54) is 11.2 Å². The molecule has 0 saturated heterocycles. The van der Waals surface area contributed by atoms with Gasteiger partial charge in [0.05, 0.1) is 19.1 Å². The van der Waals surface area contributed by atoms with Crippen LogP contribution < -0.4 is 10.1 Å². The van der Waals surface area contributed by atoms with Crippen molar-refractivity contribution in [1.29, 1.82) is 0 Å². The molecule has 0 bridgehead atoms. The fourth-order valence-electron chi connectivity index (χ4n) is 3.39. The Morgan fingerprint density at radius 3 is 2.47 bits per heavy atom. The first kappa shape index (κ1) is 23.1. The number of halogens is 1. The Bertz CT molecular complexity index is 1270. The molecule has 0 spiro atoms. The Morgan fingerprint density at radius 2 is 1.85 bits per heavy atom. The van der Waals surface area contributed by atoms with Crippen LogP contribution in [0.4, 0.5) is 5.95 Å². The minimum absolute atomic E-state index is 0.151. The van der Waals surface area contributed by atoms with E-state index in [2.05, 4.69) is 10.3 Å². The third-order valence-electron chi connectivity index (χ3n) is 5.18. The van der Waals surface area contributed by atoms with Crippen LogP contribution in [0.25, 0.3) is 16.9 Å². The minimum Gasteiger partial charge on any atom is -0.497 e. The maximum atomic E-state index is 12.9. The van der Waals surface area contributed by atoms with E-state index in [0.717, 1.165) is 11.3 Å². The number of carbonyl (C=O) groups excluding carboxylic acids is 2. The Hall–Kier alpha value is -4.04. The fraction of sp³-hybridized carbons (Fsp3) is 0.160. The summed E-state index contributed by atoms with van der Waals surface area (Å²) in [5.74, 6) is 0.469. The molecule has 2 heterocycles. The van der Waals surface area contributed by atoms with E-state index in [4.69, 9.17) is 20.8 Å². The highest BCUT2D eigenvalue weighted by atomic mass is 35.5. The van der Waals surface area contributed by atoms with Crippen LogP contribution in [0.5, 0.6) is 5.75 Å². The zero-order chi connectivity index (χ0) is 24.1. The molecule has 174 valence electrons. The number of ether oxygens (including phenoxy) is 1. The summed E-state index contributed by atoms with van der Waals surface area (Å²) >= 11 is 6.02. The van der Waals surface area contributed by atoms with Gasteiger partial charge in [0.1, 0.15) is 12.3 Å². The van der Waals surface area contributed by atoms with E-state index < -0.39 is 0 Å². The number of nitrogens with zero attached hydrogens (tertiary/aromatic N) is 3. The number of carbonyl (C=O) groups is 2. The molecule has 1 N–H and O–H groups in total. The Labute approximate surface area is 201 Å². The van der Waals surface area contributed by atoms with Crippen LogP contribution in [0, 0.1) is 0 Å². The number of benzene rings is 2. The highest BCUT2D eigenvalue weighted by Gasteiger charge is 2.21. The van der Waals surface area contributed by atoms with Gasteiger partial charge in [-0.15, -0.1) is 0 Å². The molecule has 8 nitrogen and oxygen atoms in total. The Balaban J connectivity index is 1.61. The summed E-state index contributed by atoms with van der Waals surface area (Å²) in [7, 11) is 1.60. The van der Waals surface area contributed by atoms with Crippen molar-refractivity contribution in [2.24, 2.45) is 0 Å². The molecule has 0 aliphatic carbocycles. The fourth-order valence-corrected chi connectivity index (χ4v) is 3.51. The largest absolute Gasteiger partial charge is 0.497 e. The SMILES string of the molecule is CCN(CC(=O)Nc1nc(-c2ccc(Cl)cc2)cn1-c1ccc(OC)cc1)C(=O)c1ccco1. The van der Waals surface area contributed by atoms with Crippen molar-refractivity contribution in [2.45, 2.75) is 6.92 Å². The second-order valence-electron chi connectivity index (χ2n) is 7.37. The van der Waals surface area contributed by atoms with E-state index in [0.29, 0.717) is 29.0 Å². The first-order valence-corrected chi connectivity index (χ1v) is 11.0. The summed E-state index contributed by atoms with van der Waals surface area (Å²) in [5.41, 5.74) is 2.28. The van der Waals surface area contributed by atoms with Gasteiger partial charge in [-0.1, -0.05) is 23.7 Å². The van der Waals surface area contributed by atoms with Gasteiger partial charge in [-0.05, 0) is 55.5 Å². The molecule has 34 heavy (non-hydrogen) atoms. The topological polar surface area (TPSA) is 89.6 Å². The Morgan fingerprint density at radius 1 is 1.12 bits per heavy atom. The summed E-state index contributed by atoms with van der Waals surface area (Å²) in [6, 6.07) is 17.8. The van der Waals surface area contributed by atoms with Gasteiger partial charge in [-0.2, -0.15) is 0 Å². The molecule has 4 aromatic rings. The average Bonchev–Trinajstić information content (AvgIpc) is 3.53. The van der Waals surface area contributed by atoms with Gasteiger partial charge in [-0.25, -0.2) is 4.98 Å². The van der Waals surface area contributed by atoms with Gasteiger partial charge in [0.15, 0.2) is 5.76 Å². The average molecular weight is 479 g/mol. The minimum atomic E-state index is -0.384. The maximum absolute atomic E-state index is 12.9. The van der Waals surface area contributed by atoms with Gasteiger partial charge in [0.2, 0.25) is 11.9 Å². The quantitative estimate of drug-likeness (QED) is 0.389. The van der Waals surface area contributed by atoms with Gasteiger partial charge >= 0.3 is 0 Å². The standard InChI is InChI=1S/C25H23ClN4O4/c1-3-29(24(32)22-5-4-14-34-22)16-23(31)28-25-27-21(17-6-8-18(26)9-7-17)15-30(25)19-10-12-20(33-2)13-11-19/h4-15H,3,16H2,1-2H3,(H,27,28,31). The number of amides is 2. The van der Waals surface area contributed by atoms with E-state index in [1.807, 2.05) is 42.6 Å². The lowest BCUT2D eigenvalue weighted by Crippen LogP contribution is -2.38. The zero-order valence-electron chi connectivity index (χ0n) is 18.7. The number of anilines is 1.